The first kappa shape index (κ1) is 19.9. The molecule has 26 heavy (non-hydrogen) atoms. The maximum absolute atomic E-state index is 12.6. The van der Waals surface area contributed by atoms with E-state index in [0.717, 1.165) is 11.1 Å². The number of benzene rings is 2. The molecule has 2 amide bonds. The van der Waals surface area contributed by atoms with Gasteiger partial charge in [0, 0.05) is 13.1 Å². The van der Waals surface area contributed by atoms with Crippen LogP contribution in [0.2, 0.25) is 5.02 Å². The molecule has 0 unspecified atom stereocenters. The van der Waals surface area contributed by atoms with E-state index >= 15 is 0 Å². The van der Waals surface area contributed by atoms with Crippen LogP contribution in [0.15, 0.2) is 48.5 Å². The number of nitrogens with zero attached hydrogens (tertiary/aromatic N) is 1. The molecule has 0 radical (unpaired) electrons. The Morgan fingerprint density at radius 1 is 1.00 bits per heavy atom. The number of nitrogens with one attached hydrogen (secondary N) is 2. The number of halogens is 1. The van der Waals surface area contributed by atoms with Gasteiger partial charge in [0.15, 0.2) is 0 Å². The van der Waals surface area contributed by atoms with Gasteiger partial charge in [-0.15, -0.1) is 0 Å². The number of hydrogen-bond acceptors (Lipinski definition) is 3. The average Bonchev–Trinajstić information content (AvgIpc) is 2.60. The van der Waals surface area contributed by atoms with Crippen LogP contribution in [0.1, 0.15) is 27.5 Å². The molecular formula is C20H24ClN3O2. The fourth-order valence-electron chi connectivity index (χ4n) is 2.63. The van der Waals surface area contributed by atoms with E-state index in [9.17, 15) is 9.59 Å². The molecule has 0 heterocycles. The van der Waals surface area contributed by atoms with Crippen LogP contribution in [0.3, 0.4) is 0 Å². The molecule has 0 aliphatic carbocycles. The summed E-state index contributed by atoms with van der Waals surface area (Å²) in [7, 11) is 3.73. The Kier molecular flexibility index (Phi) is 7.18. The highest BCUT2D eigenvalue weighted by Crippen LogP contribution is 2.19. The van der Waals surface area contributed by atoms with Crippen molar-refractivity contribution in [3.63, 3.8) is 0 Å². The van der Waals surface area contributed by atoms with Crippen LogP contribution in [0, 0.1) is 6.92 Å². The molecule has 0 aromatic heterocycles. The first-order valence-corrected chi connectivity index (χ1v) is 8.81. The molecule has 0 saturated carbocycles. The first-order chi connectivity index (χ1) is 12.4. The molecule has 0 fully saturated rings. The van der Waals surface area contributed by atoms with Gasteiger partial charge in [0.05, 0.1) is 10.6 Å². The molecule has 2 rings (SSSR count). The number of carbonyl (C=O) groups excluding carboxylic acids is 2. The Hall–Kier alpha value is -2.37. The number of aryl methyl sites for hydroxylation is 1. The molecule has 1 atom stereocenters. The minimum Gasteiger partial charge on any atom is -0.353 e. The van der Waals surface area contributed by atoms with Crippen molar-refractivity contribution < 1.29 is 9.59 Å². The maximum atomic E-state index is 12.6. The van der Waals surface area contributed by atoms with Gasteiger partial charge >= 0.3 is 0 Å². The number of amides is 2. The molecule has 2 aromatic rings. The first-order valence-electron chi connectivity index (χ1n) is 8.43. The van der Waals surface area contributed by atoms with Gasteiger partial charge in [-0.1, -0.05) is 53.6 Å². The predicted molar refractivity (Wildman–Crippen MR) is 104 cm³/mol. The molecule has 6 heteroatoms. The summed E-state index contributed by atoms with van der Waals surface area (Å²) in [5, 5.41) is 6.03. The Morgan fingerprint density at radius 3 is 2.23 bits per heavy atom. The number of carbonyl (C=O) groups is 2. The maximum Gasteiger partial charge on any atom is 0.252 e. The Bertz CT molecular complexity index is 760. The molecule has 5 nitrogen and oxygen atoms in total. The van der Waals surface area contributed by atoms with Crippen molar-refractivity contribution in [3.05, 3.63) is 70.2 Å². The summed E-state index contributed by atoms with van der Waals surface area (Å²) < 4.78 is 0. The van der Waals surface area contributed by atoms with Crippen LogP contribution < -0.4 is 10.6 Å². The lowest BCUT2D eigenvalue weighted by atomic mass is 10.0. The highest BCUT2D eigenvalue weighted by molar-refractivity contribution is 6.33. The zero-order valence-corrected chi connectivity index (χ0v) is 16.0. The summed E-state index contributed by atoms with van der Waals surface area (Å²) in [6, 6.07) is 14.4. The summed E-state index contributed by atoms with van der Waals surface area (Å²) in [4.78, 5) is 26.5. The Balaban J connectivity index is 1.87. The van der Waals surface area contributed by atoms with Gasteiger partial charge in [-0.05, 0) is 38.7 Å². The third-order valence-corrected chi connectivity index (χ3v) is 4.32. The summed E-state index contributed by atoms with van der Waals surface area (Å²) in [6.07, 6.45) is 0. The molecule has 2 N–H and O–H groups in total. The van der Waals surface area contributed by atoms with Crippen LogP contribution in [0.25, 0.3) is 0 Å². The largest absolute Gasteiger partial charge is 0.353 e. The molecule has 0 saturated heterocycles. The van der Waals surface area contributed by atoms with Crippen molar-refractivity contribution in [1.82, 2.24) is 15.5 Å². The Labute approximate surface area is 159 Å². The van der Waals surface area contributed by atoms with Gasteiger partial charge < -0.3 is 10.6 Å². The van der Waals surface area contributed by atoms with E-state index in [0.29, 0.717) is 23.7 Å². The van der Waals surface area contributed by atoms with Crippen molar-refractivity contribution in [1.29, 1.82) is 0 Å². The van der Waals surface area contributed by atoms with E-state index in [-0.39, 0.29) is 17.9 Å². The van der Waals surface area contributed by atoms with E-state index in [1.807, 2.05) is 50.2 Å². The second-order valence-corrected chi connectivity index (χ2v) is 6.71. The van der Waals surface area contributed by atoms with Gasteiger partial charge in [0.1, 0.15) is 6.04 Å². The zero-order valence-electron chi connectivity index (χ0n) is 15.3. The summed E-state index contributed by atoms with van der Waals surface area (Å²) >= 11 is 6.00. The SMILES string of the molecule is Cc1ccc([C@H](C(=O)NCCNC(=O)c2ccccc2Cl)N(C)C)cc1. The quantitative estimate of drug-likeness (QED) is 0.733. The van der Waals surface area contributed by atoms with Gasteiger partial charge in [-0.2, -0.15) is 0 Å². The average molecular weight is 374 g/mol. The van der Waals surface area contributed by atoms with Gasteiger partial charge in [-0.25, -0.2) is 0 Å². The second-order valence-electron chi connectivity index (χ2n) is 6.30. The van der Waals surface area contributed by atoms with Crippen LogP contribution in [-0.4, -0.2) is 43.9 Å². The van der Waals surface area contributed by atoms with Crippen LogP contribution in [0.5, 0.6) is 0 Å². The standard InChI is InChI=1S/C20H24ClN3O2/c1-14-8-10-15(11-9-14)18(24(2)3)20(26)23-13-12-22-19(25)16-6-4-5-7-17(16)21/h4-11,18H,12-13H2,1-3H3,(H,22,25)(H,23,26)/t18-/m1/s1. The van der Waals surface area contributed by atoms with Crippen molar-refractivity contribution >= 4 is 23.4 Å². The Morgan fingerprint density at radius 2 is 1.62 bits per heavy atom. The third-order valence-electron chi connectivity index (χ3n) is 3.99. The normalized spacial score (nSPS) is 11.9. The third kappa shape index (κ3) is 5.31. The summed E-state index contributed by atoms with van der Waals surface area (Å²) in [5.74, 6) is -0.363. The minimum atomic E-state index is -0.380. The van der Waals surface area contributed by atoms with E-state index in [1.54, 1.807) is 24.3 Å². The smallest absolute Gasteiger partial charge is 0.252 e. The lowest BCUT2D eigenvalue weighted by molar-refractivity contribution is -0.125. The lowest BCUT2D eigenvalue weighted by Crippen LogP contribution is -2.40. The van der Waals surface area contributed by atoms with Gasteiger partial charge in [0.2, 0.25) is 5.91 Å². The number of rotatable bonds is 7. The predicted octanol–water partition coefficient (Wildman–Crippen LogP) is 2.80. The summed E-state index contributed by atoms with van der Waals surface area (Å²) in [5.41, 5.74) is 2.50. The number of likely N-dealkylation sites (N-methyl/N-ethyl adjacent to an activating group) is 1. The molecule has 138 valence electrons. The highest BCUT2D eigenvalue weighted by Gasteiger charge is 2.22. The zero-order chi connectivity index (χ0) is 19.1. The van der Waals surface area contributed by atoms with Gasteiger partial charge in [-0.3, -0.25) is 14.5 Å². The molecule has 0 spiro atoms. The fourth-order valence-corrected chi connectivity index (χ4v) is 2.85. The lowest BCUT2D eigenvalue weighted by Gasteiger charge is -2.24. The second kappa shape index (κ2) is 9.36. The van der Waals surface area contributed by atoms with Crippen LogP contribution in [0.4, 0.5) is 0 Å². The van der Waals surface area contributed by atoms with Crippen LogP contribution in [-0.2, 0) is 4.79 Å². The van der Waals surface area contributed by atoms with Crippen molar-refractivity contribution in [2.45, 2.75) is 13.0 Å². The molecular weight excluding hydrogens is 350 g/mol. The van der Waals surface area contributed by atoms with E-state index in [4.69, 9.17) is 11.6 Å². The summed E-state index contributed by atoms with van der Waals surface area (Å²) in [6.45, 7) is 2.67. The van der Waals surface area contributed by atoms with Gasteiger partial charge in [0.25, 0.3) is 5.91 Å². The van der Waals surface area contributed by atoms with E-state index < -0.39 is 0 Å². The monoisotopic (exact) mass is 373 g/mol. The van der Waals surface area contributed by atoms with Crippen molar-refractivity contribution in [3.8, 4) is 0 Å². The fraction of sp³-hybridized carbons (Fsp3) is 0.300. The molecule has 0 aliphatic rings. The highest BCUT2D eigenvalue weighted by atomic mass is 35.5. The molecule has 0 bridgehead atoms. The van der Waals surface area contributed by atoms with Crippen molar-refractivity contribution in [2.75, 3.05) is 27.2 Å². The van der Waals surface area contributed by atoms with Crippen molar-refractivity contribution in [2.24, 2.45) is 0 Å². The topological polar surface area (TPSA) is 61.4 Å². The van der Waals surface area contributed by atoms with Crippen LogP contribution >= 0.6 is 11.6 Å². The number of hydrogen-bond donors (Lipinski definition) is 2. The van der Waals surface area contributed by atoms with E-state index in [2.05, 4.69) is 10.6 Å². The molecule has 2 aromatic carbocycles. The minimum absolute atomic E-state index is 0.106. The molecule has 0 aliphatic heterocycles. The van der Waals surface area contributed by atoms with E-state index in [1.165, 1.54) is 0 Å².